The monoisotopic (exact) mass is 316 g/mol. The first-order valence-corrected chi connectivity index (χ1v) is 7.48. The van der Waals surface area contributed by atoms with Crippen molar-refractivity contribution in [3.63, 3.8) is 0 Å². The fourth-order valence-corrected chi connectivity index (χ4v) is 3.22. The van der Waals surface area contributed by atoms with Crippen LogP contribution in [0.4, 0.5) is 0 Å². The van der Waals surface area contributed by atoms with Gasteiger partial charge in [0, 0.05) is 12.1 Å². The number of nitrogens with zero attached hydrogens (tertiary/aromatic N) is 2. The maximum atomic E-state index is 11.0. The second-order valence-electron chi connectivity index (χ2n) is 5.57. The summed E-state index contributed by atoms with van der Waals surface area (Å²) < 4.78 is 0. The molecule has 0 aliphatic heterocycles. The van der Waals surface area contributed by atoms with Crippen LogP contribution in [0.2, 0.25) is 0 Å². The van der Waals surface area contributed by atoms with Crippen LogP contribution in [0.25, 0.3) is 0 Å². The zero-order chi connectivity index (χ0) is 16.7. The van der Waals surface area contributed by atoms with Gasteiger partial charge >= 0.3 is 17.9 Å². The van der Waals surface area contributed by atoms with E-state index in [2.05, 4.69) is 0 Å². The molecule has 22 heavy (non-hydrogen) atoms. The van der Waals surface area contributed by atoms with Crippen molar-refractivity contribution in [1.29, 1.82) is 0 Å². The van der Waals surface area contributed by atoms with Gasteiger partial charge in [-0.05, 0) is 19.4 Å². The van der Waals surface area contributed by atoms with Gasteiger partial charge in [0.1, 0.15) is 0 Å². The summed E-state index contributed by atoms with van der Waals surface area (Å²) in [5.74, 6) is -3.09. The standard InChI is InChI=1S/C14H24N2O6/c1-2-15(7-12(17)18)10-5-3-4-6-11(10)16(8-13(19)20)9-14(21)22/h10-11H,2-9H2,1H3,(H,17,18)(H,19,20)(H,21,22)/t10-,11?/m1/s1. The summed E-state index contributed by atoms with van der Waals surface area (Å²) in [5.41, 5.74) is 0. The van der Waals surface area contributed by atoms with E-state index in [0.717, 1.165) is 19.3 Å². The first-order valence-electron chi connectivity index (χ1n) is 7.48. The summed E-state index contributed by atoms with van der Waals surface area (Å²) in [6, 6.07) is -0.381. The molecule has 0 radical (unpaired) electrons. The van der Waals surface area contributed by atoms with Gasteiger partial charge < -0.3 is 15.3 Å². The zero-order valence-corrected chi connectivity index (χ0v) is 12.8. The van der Waals surface area contributed by atoms with Crippen LogP contribution in [0.5, 0.6) is 0 Å². The molecule has 1 unspecified atom stereocenters. The van der Waals surface area contributed by atoms with E-state index in [-0.39, 0.29) is 31.7 Å². The molecule has 8 heteroatoms. The number of hydrogen-bond acceptors (Lipinski definition) is 5. The fourth-order valence-electron chi connectivity index (χ4n) is 3.22. The SMILES string of the molecule is CCN(CC(=O)O)[C@@H]1CCCCC1N(CC(=O)O)CC(=O)O. The quantitative estimate of drug-likeness (QED) is 0.551. The van der Waals surface area contributed by atoms with Gasteiger partial charge in [-0.1, -0.05) is 19.8 Å². The molecule has 0 aromatic heterocycles. The van der Waals surface area contributed by atoms with Crippen molar-refractivity contribution in [2.24, 2.45) is 0 Å². The van der Waals surface area contributed by atoms with Crippen molar-refractivity contribution in [3.05, 3.63) is 0 Å². The molecule has 0 saturated heterocycles. The summed E-state index contributed by atoms with van der Waals surface area (Å²) in [4.78, 5) is 36.3. The summed E-state index contributed by atoms with van der Waals surface area (Å²) in [7, 11) is 0. The van der Waals surface area contributed by atoms with Crippen LogP contribution < -0.4 is 0 Å². The Morgan fingerprint density at radius 3 is 1.55 bits per heavy atom. The Bertz CT molecular complexity index is 398. The first kappa shape index (κ1) is 18.4. The number of rotatable bonds is 9. The van der Waals surface area contributed by atoms with E-state index in [1.807, 2.05) is 6.92 Å². The summed E-state index contributed by atoms with van der Waals surface area (Å²) >= 11 is 0. The smallest absolute Gasteiger partial charge is 0.317 e. The molecule has 0 aromatic rings. The van der Waals surface area contributed by atoms with E-state index in [1.165, 1.54) is 4.90 Å². The normalized spacial score (nSPS) is 22.0. The molecule has 0 amide bonds. The Hall–Kier alpha value is -1.67. The number of carbonyl (C=O) groups is 3. The molecule has 2 atom stereocenters. The third-order valence-corrected chi connectivity index (χ3v) is 4.05. The molecule has 1 saturated carbocycles. The molecule has 1 aliphatic rings. The van der Waals surface area contributed by atoms with E-state index in [9.17, 15) is 14.4 Å². The van der Waals surface area contributed by atoms with Crippen LogP contribution in [0.3, 0.4) is 0 Å². The molecule has 0 aromatic carbocycles. The molecule has 0 bridgehead atoms. The van der Waals surface area contributed by atoms with Crippen LogP contribution in [0.15, 0.2) is 0 Å². The molecule has 1 fully saturated rings. The fraction of sp³-hybridized carbons (Fsp3) is 0.786. The average Bonchev–Trinajstić information content (AvgIpc) is 2.43. The van der Waals surface area contributed by atoms with Crippen LogP contribution in [0.1, 0.15) is 32.6 Å². The Kier molecular flexibility index (Phi) is 7.26. The highest BCUT2D eigenvalue weighted by molar-refractivity contribution is 5.72. The van der Waals surface area contributed by atoms with E-state index in [0.29, 0.717) is 13.0 Å². The van der Waals surface area contributed by atoms with Gasteiger partial charge in [0.15, 0.2) is 0 Å². The lowest BCUT2D eigenvalue weighted by atomic mass is 9.87. The summed E-state index contributed by atoms with van der Waals surface area (Å²) in [5, 5.41) is 27.0. The highest BCUT2D eigenvalue weighted by Gasteiger charge is 2.35. The summed E-state index contributed by atoms with van der Waals surface area (Å²) in [6.07, 6.45) is 3.26. The third-order valence-electron chi connectivity index (χ3n) is 4.05. The highest BCUT2D eigenvalue weighted by Crippen LogP contribution is 2.27. The average molecular weight is 316 g/mol. The molecule has 3 N–H and O–H groups in total. The lowest BCUT2D eigenvalue weighted by Gasteiger charge is -2.43. The van der Waals surface area contributed by atoms with Gasteiger partial charge in [-0.25, -0.2) is 0 Å². The van der Waals surface area contributed by atoms with Crippen molar-refractivity contribution >= 4 is 17.9 Å². The van der Waals surface area contributed by atoms with Crippen LogP contribution >= 0.6 is 0 Å². The van der Waals surface area contributed by atoms with Gasteiger partial charge in [-0.3, -0.25) is 24.2 Å². The second kappa shape index (κ2) is 8.70. The number of carboxylic acids is 3. The topological polar surface area (TPSA) is 118 Å². The number of carboxylic acid groups (broad SMARTS) is 3. The lowest BCUT2D eigenvalue weighted by Crippen LogP contribution is -2.56. The van der Waals surface area contributed by atoms with Crippen molar-refractivity contribution in [2.45, 2.75) is 44.7 Å². The number of hydrogen-bond donors (Lipinski definition) is 3. The van der Waals surface area contributed by atoms with E-state index in [1.54, 1.807) is 4.90 Å². The highest BCUT2D eigenvalue weighted by atomic mass is 16.4. The predicted molar refractivity (Wildman–Crippen MR) is 77.8 cm³/mol. The van der Waals surface area contributed by atoms with Crippen LogP contribution in [-0.4, -0.2) is 81.3 Å². The van der Waals surface area contributed by atoms with E-state index in [4.69, 9.17) is 15.3 Å². The third kappa shape index (κ3) is 5.61. The van der Waals surface area contributed by atoms with Gasteiger partial charge in [0.05, 0.1) is 19.6 Å². The Labute approximate surface area is 129 Å². The molecule has 0 heterocycles. The lowest BCUT2D eigenvalue weighted by molar-refractivity contribution is -0.146. The molecule has 0 spiro atoms. The largest absolute Gasteiger partial charge is 0.480 e. The minimum Gasteiger partial charge on any atom is -0.480 e. The van der Waals surface area contributed by atoms with Gasteiger partial charge in [0.25, 0.3) is 0 Å². The first-order chi connectivity index (χ1) is 10.3. The number of likely N-dealkylation sites (N-methyl/N-ethyl adjacent to an activating group) is 1. The molecular formula is C14H24N2O6. The van der Waals surface area contributed by atoms with E-state index < -0.39 is 17.9 Å². The van der Waals surface area contributed by atoms with E-state index >= 15 is 0 Å². The Balaban J connectivity index is 2.93. The van der Waals surface area contributed by atoms with Crippen molar-refractivity contribution < 1.29 is 29.7 Å². The van der Waals surface area contributed by atoms with Gasteiger partial charge in [-0.15, -0.1) is 0 Å². The van der Waals surface area contributed by atoms with Gasteiger partial charge in [0.2, 0.25) is 0 Å². The second-order valence-corrected chi connectivity index (χ2v) is 5.57. The Morgan fingerprint density at radius 1 is 0.818 bits per heavy atom. The molecule has 126 valence electrons. The van der Waals surface area contributed by atoms with Crippen molar-refractivity contribution in [1.82, 2.24) is 9.80 Å². The van der Waals surface area contributed by atoms with Gasteiger partial charge in [-0.2, -0.15) is 0 Å². The predicted octanol–water partition coefficient (Wildman–Crippen LogP) is 0.175. The molecule has 1 rings (SSSR count). The van der Waals surface area contributed by atoms with Crippen molar-refractivity contribution in [2.75, 3.05) is 26.2 Å². The van der Waals surface area contributed by atoms with Crippen LogP contribution in [-0.2, 0) is 14.4 Å². The van der Waals surface area contributed by atoms with Crippen molar-refractivity contribution in [3.8, 4) is 0 Å². The van der Waals surface area contributed by atoms with Crippen LogP contribution in [0, 0.1) is 0 Å². The maximum absolute atomic E-state index is 11.0. The summed E-state index contributed by atoms with van der Waals surface area (Å²) in [6.45, 7) is 1.57. The molecular weight excluding hydrogens is 292 g/mol. The zero-order valence-electron chi connectivity index (χ0n) is 12.8. The maximum Gasteiger partial charge on any atom is 0.317 e. The molecule has 8 nitrogen and oxygen atoms in total. The Morgan fingerprint density at radius 2 is 1.18 bits per heavy atom. The minimum absolute atomic E-state index is 0.119. The molecule has 1 aliphatic carbocycles. The number of aliphatic carboxylic acids is 3. The minimum atomic E-state index is -1.08.